The van der Waals surface area contributed by atoms with Crippen LogP contribution in [0, 0.1) is 11.6 Å². The lowest BCUT2D eigenvalue weighted by atomic mass is 10.0. The lowest BCUT2D eigenvalue weighted by Gasteiger charge is -2.33. The summed E-state index contributed by atoms with van der Waals surface area (Å²) in [5, 5.41) is 3.25. The highest BCUT2D eigenvalue weighted by atomic mass is 19.2. The average Bonchev–Trinajstić information content (AvgIpc) is 2.59. The zero-order valence-electron chi connectivity index (χ0n) is 14.0. The number of anilines is 1. The first-order chi connectivity index (χ1) is 12.0. The van der Waals surface area contributed by atoms with Crippen LogP contribution < -0.4 is 15.5 Å². The third-order valence-corrected chi connectivity index (χ3v) is 4.35. The summed E-state index contributed by atoms with van der Waals surface area (Å²) in [6.45, 7) is 2.30. The molecule has 1 aromatic heterocycles. The van der Waals surface area contributed by atoms with Crippen LogP contribution >= 0.6 is 0 Å². The van der Waals surface area contributed by atoms with Crippen molar-refractivity contribution in [3.05, 3.63) is 58.0 Å². The van der Waals surface area contributed by atoms with Crippen LogP contribution in [0.1, 0.15) is 18.5 Å². The summed E-state index contributed by atoms with van der Waals surface area (Å²) in [5.74, 6) is -1.41. The average molecular weight is 349 g/mol. The number of pyridine rings is 1. The molecule has 1 saturated heterocycles. The van der Waals surface area contributed by atoms with Crippen molar-refractivity contribution < 1.29 is 13.5 Å². The van der Waals surface area contributed by atoms with Crippen LogP contribution in [0.4, 0.5) is 14.5 Å². The predicted molar refractivity (Wildman–Crippen MR) is 91.9 cm³/mol. The molecule has 0 bridgehead atoms. The zero-order valence-corrected chi connectivity index (χ0v) is 14.0. The van der Waals surface area contributed by atoms with E-state index < -0.39 is 11.6 Å². The summed E-state index contributed by atoms with van der Waals surface area (Å²) >= 11 is 0. The summed E-state index contributed by atoms with van der Waals surface area (Å²) in [6, 6.07) is 5.53. The van der Waals surface area contributed by atoms with Gasteiger partial charge in [-0.1, -0.05) is 0 Å². The van der Waals surface area contributed by atoms with Crippen molar-refractivity contribution in [3.8, 4) is 5.75 Å². The lowest BCUT2D eigenvalue weighted by molar-refractivity contribution is 0.206. The molecule has 0 unspecified atom stereocenters. The lowest BCUT2D eigenvalue weighted by Crippen LogP contribution is -2.41. The minimum Gasteiger partial charge on any atom is -0.491 e. The fourth-order valence-electron chi connectivity index (χ4n) is 3.13. The Hall–Kier alpha value is -2.41. The maximum absolute atomic E-state index is 13.3. The molecule has 134 valence electrons. The van der Waals surface area contributed by atoms with Crippen LogP contribution in [0.2, 0.25) is 0 Å². The van der Waals surface area contributed by atoms with E-state index in [9.17, 15) is 13.6 Å². The van der Waals surface area contributed by atoms with E-state index >= 15 is 0 Å². The molecule has 5 nitrogen and oxygen atoms in total. The van der Waals surface area contributed by atoms with Crippen LogP contribution in [-0.2, 0) is 6.54 Å². The van der Waals surface area contributed by atoms with E-state index in [-0.39, 0.29) is 11.5 Å². The molecule has 1 aliphatic rings. The predicted octanol–water partition coefficient (Wildman–Crippen LogP) is 2.74. The Morgan fingerprint density at radius 3 is 2.88 bits per heavy atom. The normalized spacial score (nSPS) is 18.1. The number of rotatable bonds is 5. The summed E-state index contributed by atoms with van der Waals surface area (Å²) in [7, 11) is 1.46. The van der Waals surface area contributed by atoms with Gasteiger partial charge in [-0.3, -0.25) is 9.69 Å². The number of nitrogens with zero attached hydrogens (tertiary/aromatic N) is 1. The smallest absolute Gasteiger partial charge is 0.223 e. The third kappa shape index (κ3) is 4.36. The molecule has 1 aliphatic heterocycles. The highest BCUT2D eigenvalue weighted by Crippen LogP contribution is 2.19. The summed E-state index contributed by atoms with van der Waals surface area (Å²) in [5.41, 5.74) is 1.24. The Morgan fingerprint density at radius 2 is 2.16 bits per heavy atom. The fourth-order valence-corrected chi connectivity index (χ4v) is 3.13. The largest absolute Gasteiger partial charge is 0.491 e. The van der Waals surface area contributed by atoms with Gasteiger partial charge in [-0.2, -0.15) is 0 Å². The molecule has 1 aromatic carbocycles. The monoisotopic (exact) mass is 349 g/mol. The molecule has 0 spiro atoms. The van der Waals surface area contributed by atoms with E-state index in [1.54, 1.807) is 12.3 Å². The van der Waals surface area contributed by atoms with Crippen LogP contribution in [0.15, 0.2) is 35.3 Å². The highest BCUT2D eigenvalue weighted by Gasteiger charge is 2.20. The van der Waals surface area contributed by atoms with Crippen molar-refractivity contribution in [1.82, 2.24) is 9.88 Å². The minimum absolute atomic E-state index is 0.142. The number of hydrogen-bond acceptors (Lipinski definition) is 4. The van der Waals surface area contributed by atoms with Crippen molar-refractivity contribution in [2.45, 2.75) is 25.4 Å². The molecule has 1 atom stereocenters. The Balaban J connectivity index is 1.61. The SMILES string of the molecule is COc1c[nH]c(CN2CCC[C@H](Nc3ccc(F)c(F)c3)C2)cc1=O. The number of aromatic amines is 1. The fraction of sp³-hybridized carbons (Fsp3) is 0.389. The first-order valence-electron chi connectivity index (χ1n) is 8.24. The van der Waals surface area contributed by atoms with Gasteiger partial charge >= 0.3 is 0 Å². The van der Waals surface area contributed by atoms with E-state index in [0.29, 0.717) is 18.0 Å². The second-order valence-corrected chi connectivity index (χ2v) is 6.24. The molecule has 0 aliphatic carbocycles. The number of hydrogen-bond donors (Lipinski definition) is 2. The Labute approximate surface area is 144 Å². The molecule has 3 rings (SSSR count). The van der Waals surface area contributed by atoms with Gasteiger partial charge in [0.15, 0.2) is 17.4 Å². The van der Waals surface area contributed by atoms with Gasteiger partial charge in [0, 0.05) is 48.8 Å². The molecular formula is C18H21F2N3O2. The van der Waals surface area contributed by atoms with E-state index in [1.807, 2.05) is 0 Å². The number of benzene rings is 1. The first-order valence-corrected chi connectivity index (χ1v) is 8.24. The van der Waals surface area contributed by atoms with Crippen LogP contribution in [0.25, 0.3) is 0 Å². The quantitative estimate of drug-likeness (QED) is 0.872. The number of aromatic nitrogens is 1. The van der Waals surface area contributed by atoms with Crippen LogP contribution in [0.3, 0.4) is 0 Å². The van der Waals surface area contributed by atoms with Crippen molar-refractivity contribution in [3.63, 3.8) is 0 Å². The van der Waals surface area contributed by atoms with Gasteiger partial charge in [-0.25, -0.2) is 8.78 Å². The molecular weight excluding hydrogens is 328 g/mol. The molecule has 0 saturated carbocycles. The number of piperidine rings is 1. The van der Waals surface area contributed by atoms with E-state index in [1.165, 1.54) is 19.2 Å². The molecule has 2 heterocycles. The molecule has 7 heteroatoms. The minimum atomic E-state index is -0.853. The Bertz CT molecular complexity index is 794. The Morgan fingerprint density at radius 1 is 1.32 bits per heavy atom. The van der Waals surface area contributed by atoms with Crippen molar-refractivity contribution in [2.24, 2.45) is 0 Å². The van der Waals surface area contributed by atoms with E-state index in [0.717, 1.165) is 37.7 Å². The molecule has 2 N–H and O–H groups in total. The van der Waals surface area contributed by atoms with E-state index in [4.69, 9.17) is 4.74 Å². The van der Waals surface area contributed by atoms with E-state index in [2.05, 4.69) is 15.2 Å². The van der Waals surface area contributed by atoms with Gasteiger partial charge in [0.05, 0.1) is 7.11 Å². The van der Waals surface area contributed by atoms with Gasteiger partial charge in [0.2, 0.25) is 5.43 Å². The van der Waals surface area contributed by atoms with Crippen molar-refractivity contribution >= 4 is 5.69 Å². The highest BCUT2D eigenvalue weighted by molar-refractivity contribution is 5.44. The maximum atomic E-state index is 13.3. The van der Waals surface area contributed by atoms with Gasteiger partial charge in [0.1, 0.15) is 0 Å². The number of methoxy groups -OCH3 is 1. The molecule has 0 radical (unpaired) electrons. The van der Waals surface area contributed by atoms with Gasteiger partial charge in [0.25, 0.3) is 0 Å². The summed E-state index contributed by atoms with van der Waals surface area (Å²) in [6.07, 6.45) is 3.51. The number of ether oxygens (including phenoxy) is 1. The number of H-pyrrole nitrogens is 1. The third-order valence-electron chi connectivity index (χ3n) is 4.35. The van der Waals surface area contributed by atoms with Crippen molar-refractivity contribution in [2.75, 3.05) is 25.5 Å². The van der Waals surface area contributed by atoms with Crippen LogP contribution in [-0.4, -0.2) is 36.1 Å². The number of halogens is 2. The number of nitrogens with one attached hydrogen (secondary N) is 2. The van der Waals surface area contributed by atoms with Gasteiger partial charge < -0.3 is 15.0 Å². The summed E-state index contributed by atoms with van der Waals surface area (Å²) in [4.78, 5) is 17.1. The number of likely N-dealkylation sites (tertiary alicyclic amines) is 1. The zero-order chi connectivity index (χ0) is 17.8. The molecule has 25 heavy (non-hydrogen) atoms. The second kappa shape index (κ2) is 7.65. The maximum Gasteiger partial charge on any atom is 0.223 e. The Kier molecular flexibility index (Phi) is 5.33. The molecule has 2 aromatic rings. The standard InChI is InChI=1S/C18H21F2N3O2/c1-25-18-9-21-14(8-17(18)24)11-23-6-2-3-13(10-23)22-12-4-5-15(19)16(20)7-12/h4-5,7-9,13,22H,2-3,6,10-11H2,1H3,(H,21,24)/t13-/m0/s1. The first kappa shape index (κ1) is 17.4. The van der Waals surface area contributed by atoms with Gasteiger partial charge in [-0.05, 0) is 31.5 Å². The summed E-state index contributed by atoms with van der Waals surface area (Å²) < 4.78 is 31.3. The second-order valence-electron chi connectivity index (χ2n) is 6.24. The van der Waals surface area contributed by atoms with Crippen molar-refractivity contribution in [1.29, 1.82) is 0 Å². The van der Waals surface area contributed by atoms with Crippen LogP contribution in [0.5, 0.6) is 5.75 Å². The van der Waals surface area contributed by atoms with Gasteiger partial charge in [-0.15, -0.1) is 0 Å². The topological polar surface area (TPSA) is 57.4 Å². The molecule has 0 amide bonds. The molecule has 1 fully saturated rings.